The average Bonchev–Trinajstić information content (AvgIpc) is 2.68. The van der Waals surface area contributed by atoms with Gasteiger partial charge in [-0.05, 0) is 61.9 Å². The number of hydrogen-bond acceptors (Lipinski definition) is 3. The van der Waals surface area contributed by atoms with E-state index in [1.165, 1.54) is 37.2 Å². The number of nitrogens with zero attached hydrogens (tertiary/aromatic N) is 2. The van der Waals surface area contributed by atoms with E-state index in [2.05, 4.69) is 47.4 Å². The summed E-state index contributed by atoms with van der Waals surface area (Å²) in [6.45, 7) is 3.70. The van der Waals surface area contributed by atoms with Crippen LogP contribution in [-0.4, -0.2) is 41.2 Å². The maximum Gasteiger partial charge on any atom is 0.0487 e. The van der Waals surface area contributed by atoms with Gasteiger partial charge in [-0.2, -0.15) is 0 Å². The van der Waals surface area contributed by atoms with Gasteiger partial charge < -0.3 is 10.0 Å². The van der Waals surface area contributed by atoms with Crippen molar-refractivity contribution >= 4 is 0 Å². The number of aliphatic hydroxyl groups is 1. The lowest BCUT2D eigenvalue weighted by atomic mass is 9.56. The highest BCUT2D eigenvalue weighted by Crippen LogP contribution is 2.53. The molecule has 3 heteroatoms. The zero-order valence-electron chi connectivity index (χ0n) is 14.1. The number of aliphatic hydroxyl groups excluding tert-OH is 1. The fraction of sp³-hybridized carbons (Fsp3) is 0.476. The Bertz CT molecular complexity index is 652. The maximum absolute atomic E-state index is 9.83. The molecule has 1 aromatic heterocycles. The van der Waals surface area contributed by atoms with Gasteiger partial charge in [0.1, 0.15) is 0 Å². The third kappa shape index (κ3) is 2.56. The molecule has 3 saturated heterocycles. The van der Waals surface area contributed by atoms with Gasteiger partial charge in [-0.25, -0.2) is 0 Å². The van der Waals surface area contributed by atoms with Crippen LogP contribution in [0.2, 0.25) is 0 Å². The highest BCUT2D eigenvalue weighted by atomic mass is 16.3. The van der Waals surface area contributed by atoms with Crippen LogP contribution in [0.25, 0.3) is 0 Å². The molecular formula is C21H26N2O. The summed E-state index contributed by atoms with van der Waals surface area (Å²) in [4.78, 5) is 7.41. The van der Waals surface area contributed by atoms with Gasteiger partial charge in [0, 0.05) is 30.5 Å². The van der Waals surface area contributed by atoms with Gasteiger partial charge in [-0.15, -0.1) is 0 Å². The molecule has 2 bridgehead atoms. The molecule has 2 aromatic rings. The smallest absolute Gasteiger partial charge is 0.0487 e. The number of hydrogen-bond donors (Lipinski definition) is 1. The van der Waals surface area contributed by atoms with Crippen LogP contribution in [0, 0.1) is 5.92 Å². The minimum Gasteiger partial charge on any atom is -0.396 e. The number of pyridine rings is 1. The fourth-order valence-corrected chi connectivity index (χ4v) is 5.14. The molecular weight excluding hydrogens is 296 g/mol. The lowest BCUT2D eigenvalue weighted by Gasteiger charge is -2.56. The van der Waals surface area contributed by atoms with Crippen molar-refractivity contribution in [3.8, 4) is 0 Å². The highest BCUT2D eigenvalue weighted by Gasteiger charge is 2.53. The van der Waals surface area contributed by atoms with Crippen LogP contribution >= 0.6 is 0 Å². The Morgan fingerprint density at radius 3 is 2.42 bits per heavy atom. The number of benzene rings is 1. The number of fused-ring (bicyclic) bond motifs is 3. The van der Waals surface area contributed by atoms with E-state index in [-0.39, 0.29) is 12.0 Å². The second kappa shape index (κ2) is 6.66. The number of piperidine rings is 3. The van der Waals surface area contributed by atoms with Gasteiger partial charge in [0.2, 0.25) is 0 Å². The van der Waals surface area contributed by atoms with Crippen molar-refractivity contribution in [2.75, 3.05) is 26.2 Å². The summed E-state index contributed by atoms with van der Waals surface area (Å²) in [5, 5.41) is 9.83. The Hall–Kier alpha value is -1.71. The van der Waals surface area contributed by atoms with Crippen LogP contribution in [0.4, 0.5) is 0 Å². The molecule has 0 radical (unpaired) electrons. The molecule has 0 amide bonds. The van der Waals surface area contributed by atoms with Crippen LogP contribution in [0.1, 0.15) is 36.4 Å². The molecule has 1 N–H and O–H groups in total. The van der Waals surface area contributed by atoms with E-state index in [9.17, 15) is 5.11 Å². The van der Waals surface area contributed by atoms with E-state index in [4.69, 9.17) is 4.98 Å². The first-order chi connectivity index (χ1) is 11.8. The molecule has 5 rings (SSSR count). The minimum absolute atomic E-state index is 0.0157. The zero-order chi connectivity index (χ0) is 16.4. The summed E-state index contributed by atoms with van der Waals surface area (Å²) in [5.41, 5.74) is 2.56. The molecule has 24 heavy (non-hydrogen) atoms. The zero-order valence-corrected chi connectivity index (χ0v) is 14.1. The van der Waals surface area contributed by atoms with E-state index in [1.54, 1.807) is 0 Å². The first-order valence-electron chi connectivity index (χ1n) is 9.14. The van der Waals surface area contributed by atoms with Crippen molar-refractivity contribution in [2.45, 2.75) is 30.6 Å². The number of aromatic nitrogens is 1. The van der Waals surface area contributed by atoms with Gasteiger partial charge in [-0.1, -0.05) is 36.4 Å². The van der Waals surface area contributed by atoms with E-state index in [0.717, 1.165) is 13.0 Å². The minimum atomic E-state index is 0.0157. The van der Waals surface area contributed by atoms with Crippen molar-refractivity contribution in [1.29, 1.82) is 0 Å². The standard InChI is InChI=1S/C21H26N2O/c24-15-11-19(17-6-2-1-3-7-17)21(20-8-4-5-12-22-20)16-23-13-9-18(21)10-14-23/h1-8,12,18-19,24H,9-11,13-16H2. The predicted octanol–water partition coefficient (Wildman–Crippen LogP) is 3.21. The van der Waals surface area contributed by atoms with E-state index >= 15 is 0 Å². The van der Waals surface area contributed by atoms with Crippen LogP contribution in [-0.2, 0) is 5.41 Å². The molecule has 2 atom stereocenters. The van der Waals surface area contributed by atoms with Crippen molar-refractivity contribution in [3.63, 3.8) is 0 Å². The van der Waals surface area contributed by atoms with Gasteiger partial charge in [0.25, 0.3) is 0 Å². The van der Waals surface area contributed by atoms with E-state index < -0.39 is 0 Å². The Morgan fingerprint density at radius 1 is 1.08 bits per heavy atom. The lowest BCUT2D eigenvalue weighted by molar-refractivity contribution is -0.0000105. The van der Waals surface area contributed by atoms with Gasteiger partial charge in [-0.3, -0.25) is 4.98 Å². The molecule has 3 aliphatic heterocycles. The van der Waals surface area contributed by atoms with Crippen molar-refractivity contribution in [3.05, 3.63) is 66.0 Å². The van der Waals surface area contributed by atoms with E-state index in [1.807, 2.05) is 12.3 Å². The Morgan fingerprint density at radius 2 is 1.83 bits per heavy atom. The third-order valence-electron chi connectivity index (χ3n) is 6.18. The van der Waals surface area contributed by atoms with Gasteiger partial charge >= 0.3 is 0 Å². The van der Waals surface area contributed by atoms with Gasteiger partial charge in [0.05, 0.1) is 0 Å². The molecule has 3 nitrogen and oxygen atoms in total. The average molecular weight is 322 g/mol. The number of rotatable bonds is 5. The van der Waals surface area contributed by atoms with E-state index in [0.29, 0.717) is 11.8 Å². The highest BCUT2D eigenvalue weighted by molar-refractivity contribution is 5.34. The Kier molecular flexibility index (Phi) is 4.38. The summed E-state index contributed by atoms with van der Waals surface area (Å²) < 4.78 is 0. The SMILES string of the molecule is OCCC(c1ccccc1)C1(c2ccccn2)CN2CCC1CC2. The van der Waals surface area contributed by atoms with Crippen LogP contribution < -0.4 is 0 Å². The van der Waals surface area contributed by atoms with Crippen molar-refractivity contribution in [2.24, 2.45) is 5.92 Å². The summed E-state index contributed by atoms with van der Waals surface area (Å²) in [7, 11) is 0. The normalized spacial score (nSPS) is 30.2. The second-order valence-corrected chi connectivity index (χ2v) is 7.28. The van der Waals surface area contributed by atoms with Crippen LogP contribution in [0.3, 0.4) is 0 Å². The lowest BCUT2D eigenvalue weighted by Crippen LogP contribution is -2.60. The first-order valence-corrected chi connectivity index (χ1v) is 9.14. The monoisotopic (exact) mass is 322 g/mol. The summed E-state index contributed by atoms with van der Waals surface area (Å²) >= 11 is 0. The Labute approximate surface area is 144 Å². The topological polar surface area (TPSA) is 36.4 Å². The molecule has 4 heterocycles. The third-order valence-corrected chi connectivity index (χ3v) is 6.18. The Balaban J connectivity index is 1.85. The molecule has 3 aliphatic rings. The largest absolute Gasteiger partial charge is 0.396 e. The summed E-state index contributed by atoms with van der Waals surface area (Å²) in [5.74, 6) is 0.959. The first kappa shape index (κ1) is 15.8. The molecule has 0 saturated carbocycles. The molecule has 0 spiro atoms. The van der Waals surface area contributed by atoms with Crippen LogP contribution in [0.5, 0.6) is 0 Å². The maximum atomic E-state index is 9.83. The summed E-state index contributed by atoms with van der Waals surface area (Å²) in [6, 6.07) is 17.1. The molecule has 1 aromatic carbocycles. The van der Waals surface area contributed by atoms with Crippen molar-refractivity contribution < 1.29 is 5.11 Å². The molecule has 126 valence electrons. The van der Waals surface area contributed by atoms with Crippen LogP contribution in [0.15, 0.2) is 54.7 Å². The second-order valence-electron chi connectivity index (χ2n) is 7.28. The molecule has 2 unspecified atom stereocenters. The van der Waals surface area contributed by atoms with Gasteiger partial charge in [0.15, 0.2) is 0 Å². The summed E-state index contributed by atoms with van der Waals surface area (Å²) in [6.07, 6.45) is 5.21. The molecule has 0 aliphatic carbocycles. The van der Waals surface area contributed by atoms with Crippen molar-refractivity contribution in [1.82, 2.24) is 9.88 Å². The predicted molar refractivity (Wildman–Crippen MR) is 96.0 cm³/mol. The fourth-order valence-electron chi connectivity index (χ4n) is 5.14. The quantitative estimate of drug-likeness (QED) is 0.918. The molecule has 3 fully saturated rings.